The first-order chi connectivity index (χ1) is 11.1. The Bertz CT molecular complexity index is 673. The van der Waals surface area contributed by atoms with Gasteiger partial charge in [-0.15, -0.1) is 12.4 Å². The van der Waals surface area contributed by atoms with Crippen molar-refractivity contribution >= 4 is 35.1 Å². The van der Waals surface area contributed by atoms with Crippen LogP contribution in [0.15, 0.2) is 24.3 Å². The normalized spacial score (nSPS) is 11.6. The minimum absolute atomic E-state index is 0. The Kier molecular flexibility index (Phi) is 8.21. The maximum Gasteiger partial charge on any atom is 0.272 e. The lowest BCUT2D eigenvalue weighted by atomic mass is 10.2. The van der Waals surface area contributed by atoms with E-state index in [4.69, 9.17) is 0 Å². The second kappa shape index (κ2) is 9.89. The van der Waals surface area contributed by atoms with E-state index < -0.39 is 0 Å². The standard InChI is InChI=1S/C16H23N5O2.ClH/c1-3-17-11(2)10-19-14(22)8-9-18-16(23)15-12-6-4-5-7-13(12)20-21-15;/h4-7,11,17H,3,8-10H2,1-2H3,(H,18,23)(H,19,22)(H,20,21);1H/t11-;/m1./s1. The fraction of sp³-hybridized carbons (Fsp3) is 0.438. The third kappa shape index (κ3) is 5.50. The van der Waals surface area contributed by atoms with Gasteiger partial charge in [0.25, 0.3) is 5.91 Å². The first-order valence-electron chi connectivity index (χ1n) is 7.83. The highest BCUT2D eigenvalue weighted by Crippen LogP contribution is 2.14. The molecule has 0 spiro atoms. The van der Waals surface area contributed by atoms with Crippen LogP contribution >= 0.6 is 12.4 Å². The van der Waals surface area contributed by atoms with Crippen molar-refractivity contribution in [3.8, 4) is 0 Å². The summed E-state index contributed by atoms with van der Waals surface area (Å²) < 4.78 is 0. The number of hydrogen-bond acceptors (Lipinski definition) is 4. The van der Waals surface area contributed by atoms with E-state index in [2.05, 4.69) is 26.1 Å². The van der Waals surface area contributed by atoms with Gasteiger partial charge in [0, 0.05) is 30.9 Å². The number of nitrogens with zero attached hydrogens (tertiary/aromatic N) is 1. The molecular formula is C16H24ClN5O2. The molecule has 8 heteroatoms. The van der Waals surface area contributed by atoms with Crippen molar-refractivity contribution < 1.29 is 9.59 Å². The molecular weight excluding hydrogens is 330 g/mol. The van der Waals surface area contributed by atoms with Gasteiger partial charge in [-0.05, 0) is 19.5 Å². The zero-order chi connectivity index (χ0) is 16.7. The summed E-state index contributed by atoms with van der Waals surface area (Å²) in [5.74, 6) is -0.363. The molecule has 0 bridgehead atoms. The van der Waals surface area contributed by atoms with E-state index in [0.717, 1.165) is 17.4 Å². The average Bonchev–Trinajstić information content (AvgIpc) is 2.97. The number of aromatic amines is 1. The van der Waals surface area contributed by atoms with E-state index in [1.54, 1.807) is 0 Å². The van der Waals surface area contributed by atoms with Gasteiger partial charge in [-0.3, -0.25) is 14.7 Å². The Balaban J connectivity index is 0.00000288. The van der Waals surface area contributed by atoms with E-state index in [1.807, 2.05) is 38.1 Å². The summed E-state index contributed by atoms with van der Waals surface area (Å²) in [5.41, 5.74) is 1.16. The van der Waals surface area contributed by atoms with Crippen molar-refractivity contribution in [3.63, 3.8) is 0 Å². The number of carbonyl (C=O) groups excluding carboxylic acids is 2. The minimum Gasteiger partial charge on any atom is -0.354 e. The quantitative estimate of drug-likeness (QED) is 0.573. The molecule has 0 unspecified atom stereocenters. The molecule has 2 aromatic rings. The van der Waals surface area contributed by atoms with E-state index in [0.29, 0.717) is 12.2 Å². The number of benzene rings is 1. The van der Waals surface area contributed by atoms with Crippen LogP contribution in [0.1, 0.15) is 30.8 Å². The van der Waals surface area contributed by atoms with Crippen LogP contribution in [0.5, 0.6) is 0 Å². The van der Waals surface area contributed by atoms with Crippen LogP contribution in [0.25, 0.3) is 10.9 Å². The molecule has 1 aromatic heterocycles. The first-order valence-corrected chi connectivity index (χ1v) is 7.83. The molecule has 2 rings (SSSR count). The maximum absolute atomic E-state index is 12.1. The highest BCUT2D eigenvalue weighted by Gasteiger charge is 2.13. The van der Waals surface area contributed by atoms with Gasteiger partial charge in [0.1, 0.15) is 0 Å². The summed E-state index contributed by atoms with van der Waals surface area (Å²) in [6.07, 6.45) is 0.243. The van der Waals surface area contributed by atoms with Crippen LogP contribution in [0.4, 0.5) is 0 Å². The van der Waals surface area contributed by atoms with Crippen molar-refractivity contribution in [2.45, 2.75) is 26.3 Å². The fourth-order valence-electron chi connectivity index (χ4n) is 2.29. The number of rotatable bonds is 8. The molecule has 0 aliphatic heterocycles. The Morgan fingerprint density at radius 3 is 2.75 bits per heavy atom. The zero-order valence-electron chi connectivity index (χ0n) is 13.9. The number of nitrogens with one attached hydrogen (secondary N) is 4. The van der Waals surface area contributed by atoms with Crippen LogP contribution in [-0.4, -0.2) is 47.7 Å². The molecule has 2 amide bonds. The topological polar surface area (TPSA) is 98.9 Å². The zero-order valence-corrected chi connectivity index (χ0v) is 14.7. The lowest BCUT2D eigenvalue weighted by molar-refractivity contribution is -0.121. The van der Waals surface area contributed by atoms with Crippen molar-refractivity contribution in [2.24, 2.45) is 0 Å². The molecule has 1 heterocycles. The summed E-state index contributed by atoms with van der Waals surface area (Å²) in [7, 11) is 0. The second-order valence-electron chi connectivity index (χ2n) is 5.39. The van der Waals surface area contributed by atoms with E-state index in [9.17, 15) is 9.59 Å². The molecule has 0 radical (unpaired) electrons. The highest BCUT2D eigenvalue weighted by molar-refractivity contribution is 6.04. The number of para-hydroxylation sites is 1. The Morgan fingerprint density at radius 1 is 1.25 bits per heavy atom. The minimum atomic E-state index is -0.281. The molecule has 0 saturated heterocycles. The molecule has 132 valence electrons. The molecule has 0 fully saturated rings. The van der Waals surface area contributed by atoms with Crippen molar-refractivity contribution in [2.75, 3.05) is 19.6 Å². The predicted octanol–water partition coefficient (Wildman–Crippen LogP) is 1.22. The van der Waals surface area contributed by atoms with Gasteiger partial charge in [0.2, 0.25) is 5.91 Å². The molecule has 0 aliphatic carbocycles. The molecule has 1 atom stereocenters. The smallest absolute Gasteiger partial charge is 0.272 e. The summed E-state index contributed by atoms with van der Waals surface area (Å²) in [4.78, 5) is 23.8. The summed E-state index contributed by atoms with van der Waals surface area (Å²) in [6.45, 7) is 5.75. The number of H-pyrrole nitrogens is 1. The molecule has 7 nitrogen and oxygen atoms in total. The SMILES string of the molecule is CCN[C@H](C)CNC(=O)CCNC(=O)c1n[nH]c2ccccc12.Cl. The van der Waals surface area contributed by atoms with Gasteiger partial charge in [0.05, 0.1) is 5.52 Å². The Hall–Kier alpha value is -2.12. The molecule has 0 aliphatic rings. The second-order valence-corrected chi connectivity index (χ2v) is 5.39. The number of halogens is 1. The van der Waals surface area contributed by atoms with Crippen molar-refractivity contribution in [1.82, 2.24) is 26.1 Å². The van der Waals surface area contributed by atoms with Crippen LogP contribution in [0.2, 0.25) is 0 Å². The highest BCUT2D eigenvalue weighted by atomic mass is 35.5. The largest absolute Gasteiger partial charge is 0.354 e. The summed E-state index contributed by atoms with van der Waals surface area (Å²) in [5, 5.41) is 16.4. The summed E-state index contributed by atoms with van der Waals surface area (Å²) in [6, 6.07) is 7.66. The number of aromatic nitrogens is 2. The Labute approximate surface area is 147 Å². The van der Waals surface area contributed by atoms with Crippen molar-refractivity contribution in [1.29, 1.82) is 0 Å². The van der Waals surface area contributed by atoms with Gasteiger partial charge >= 0.3 is 0 Å². The third-order valence-corrected chi connectivity index (χ3v) is 3.48. The van der Waals surface area contributed by atoms with Gasteiger partial charge in [-0.25, -0.2) is 0 Å². The number of carbonyl (C=O) groups is 2. The van der Waals surface area contributed by atoms with Gasteiger partial charge in [0.15, 0.2) is 5.69 Å². The Morgan fingerprint density at radius 2 is 2.00 bits per heavy atom. The van der Waals surface area contributed by atoms with Crippen molar-refractivity contribution in [3.05, 3.63) is 30.0 Å². The first kappa shape index (κ1) is 19.9. The fourth-order valence-corrected chi connectivity index (χ4v) is 2.29. The molecule has 1 aromatic carbocycles. The molecule has 24 heavy (non-hydrogen) atoms. The van der Waals surface area contributed by atoms with Crippen LogP contribution < -0.4 is 16.0 Å². The lowest BCUT2D eigenvalue weighted by Crippen LogP contribution is -2.39. The number of amides is 2. The maximum atomic E-state index is 12.1. The summed E-state index contributed by atoms with van der Waals surface area (Å²) >= 11 is 0. The lowest BCUT2D eigenvalue weighted by Gasteiger charge is -2.13. The van der Waals surface area contributed by atoms with Crippen LogP contribution in [-0.2, 0) is 4.79 Å². The van der Waals surface area contributed by atoms with E-state index in [-0.39, 0.29) is 43.2 Å². The van der Waals surface area contributed by atoms with Gasteiger partial charge in [-0.1, -0.05) is 25.1 Å². The number of hydrogen-bond donors (Lipinski definition) is 4. The monoisotopic (exact) mass is 353 g/mol. The number of likely N-dealkylation sites (N-methyl/N-ethyl adjacent to an activating group) is 1. The van der Waals surface area contributed by atoms with Gasteiger partial charge < -0.3 is 16.0 Å². The van der Waals surface area contributed by atoms with Gasteiger partial charge in [-0.2, -0.15) is 5.10 Å². The van der Waals surface area contributed by atoms with Crippen LogP contribution in [0, 0.1) is 0 Å². The molecule has 0 saturated carbocycles. The van der Waals surface area contributed by atoms with Crippen LogP contribution in [0.3, 0.4) is 0 Å². The van der Waals surface area contributed by atoms with E-state index >= 15 is 0 Å². The molecule has 4 N–H and O–H groups in total. The number of fused-ring (bicyclic) bond motifs is 1. The predicted molar refractivity (Wildman–Crippen MR) is 96.4 cm³/mol. The average molecular weight is 354 g/mol. The van der Waals surface area contributed by atoms with E-state index in [1.165, 1.54) is 0 Å². The third-order valence-electron chi connectivity index (χ3n) is 3.48.